The highest BCUT2D eigenvalue weighted by molar-refractivity contribution is 5.25. The van der Waals surface area contributed by atoms with Crippen LogP contribution in [-0.4, -0.2) is 23.3 Å². The quantitative estimate of drug-likeness (QED) is 0.738. The van der Waals surface area contributed by atoms with Crippen molar-refractivity contribution in [3.8, 4) is 0 Å². The average molecular weight is 182 g/mol. The molecule has 0 aromatic carbocycles. The highest BCUT2D eigenvalue weighted by Crippen LogP contribution is 2.27. The van der Waals surface area contributed by atoms with Crippen molar-refractivity contribution in [3.05, 3.63) is 5.89 Å². The lowest BCUT2D eigenvalue weighted by Crippen LogP contribution is -2.37. The van der Waals surface area contributed by atoms with Gasteiger partial charge in [-0.05, 0) is 19.3 Å². The summed E-state index contributed by atoms with van der Waals surface area (Å²) >= 11 is 0. The predicted octanol–water partition coefficient (Wildman–Crippen LogP) is 0.517. The van der Waals surface area contributed by atoms with Gasteiger partial charge in [-0.2, -0.15) is 0 Å². The van der Waals surface area contributed by atoms with Gasteiger partial charge in [-0.3, -0.25) is 0 Å². The van der Waals surface area contributed by atoms with Crippen LogP contribution >= 0.6 is 0 Å². The smallest absolute Gasteiger partial charge is 0.318 e. The molecule has 0 radical (unpaired) electrons. The Kier molecular flexibility index (Phi) is 2.18. The molecule has 1 aliphatic carbocycles. The summed E-state index contributed by atoms with van der Waals surface area (Å²) in [4.78, 5) is 2.04. The van der Waals surface area contributed by atoms with Gasteiger partial charge >= 0.3 is 6.01 Å². The van der Waals surface area contributed by atoms with Gasteiger partial charge in [0.1, 0.15) is 0 Å². The fourth-order valence-electron chi connectivity index (χ4n) is 1.40. The van der Waals surface area contributed by atoms with Crippen molar-refractivity contribution < 1.29 is 4.42 Å². The van der Waals surface area contributed by atoms with Crippen LogP contribution in [0.3, 0.4) is 0 Å². The largest absolute Gasteiger partial charge is 0.407 e. The van der Waals surface area contributed by atoms with Gasteiger partial charge < -0.3 is 15.1 Å². The molecule has 0 spiro atoms. The summed E-state index contributed by atoms with van der Waals surface area (Å²) in [6, 6.07) is 1.16. The number of nitrogens with zero attached hydrogens (tertiary/aromatic N) is 3. The first-order valence-electron chi connectivity index (χ1n) is 4.56. The summed E-state index contributed by atoms with van der Waals surface area (Å²) in [7, 11) is 1.98. The number of aromatic nitrogens is 2. The molecule has 0 bridgehead atoms. The Hall–Kier alpha value is -1.10. The van der Waals surface area contributed by atoms with Gasteiger partial charge in [-0.25, -0.2) is 0 Å². The Balaban J connectivity index is 2.05. The van der Waals surface area contributed by atoms with E-state index in [1.165, 1.54) is 19.3 Å². The lowest BCUT2D eigenvalue weighted by Gasteiger charge is -2.33. The van der Waals surface area contributed by atoms with Crippen LogP contribution in [0.2, 0.25) is 0 Å². The molecule has 1 aromatic rings. The second-order valence-corrected chi connectivity index (χ2v) is 3.38. The second-order valence-electron chi connectivity index (χ2n) is 3.38. The Labute approximate surface area is 76.9 Å². The molecule has 0 atom stereocenters. The molecule has 0 amide bonds. The summed E-state index contributed by atoms with van der Waals surface area (Å²) in [6.07, 6.45) is 3.74. The Morgan fingerprint density at radius 2 is 2.31 bits per heavy atom. The van der Waals surface area contributed by atoms with E-state index in [-0.39, 0.29) is 0 Å². The molecule has 0 unspecified atom stereocenters. The van der Waals surface area contributed by atoms with Crippen LogP contribution in [0.25, 0.3) is 0 Å². The zero-order valence-electron chi connectivity index (χ0n) is 7.73. The van der Waals surface area contributed by atoms with Crippen molar-refractivity contribution in [3.63, 3.8) is 0 Å². The third-order valence-corrected chi connectivity index (χ3v) is 2.55. The van der Waals surface area contributed by atoms with E-state index in [1.807, 2.05) is 11.9 Å². The van der Waals surface area contributed by atoms with E-state index < -0.39 is 0 Å². The summed E-state index contributed by atoms with van der Waals surface area (Å²) in [6.45, 7) is 0.311. The fourth-order valence-corrected chi connectivity index (χ4v) is 1.40. The molecule has 1 aliphatic rings. The molecule has 2 N–H and O–H groups in total. The summed E-state index contributed by atoms with van der Waals surface area (Å²) in [5, 5.41) is 7.73. The van der Waals surface area contributed by atoms with Gasteiger partial charge in [0.15, 0.2) is 0 Å². The number of hydrogen-bond donors (Lipinski definition) is 1. The van der Waals surface area contributed by atoms with Crippen LogP contribution in [0.1, 0.15) is 25.2 Å². The molecule has 2 rings (SSSR count). The van der Waals surface area contributed by atoms with Gasteiger partial charge in [0.2, 0.25) is 5.89 Å². The normalized spacial score (nSPS) is 17.1. The second kappa shape index (κ2) is 3.33. The zero-order valence-corrected chi connectivity index (χ0v) is 7.73. The van der Waals surface area contributed by atoms with E-state index >= 15 is 0 Å². The highest BCUT2D eigenvalue weighted by Gasteiger charge is 2.25. The topological polar surface area (TPSA) is 68.2 Å². The van der Waals surface area contributed by atoms with E-state index in [0.717, 1.165) is 0 Å². The van der Waals surface area contributed by atoms with Crippen molar-refractivity contribution in [2.75, 3.05) is 11.9 Å². The third-order valence-electron chi connectivity index (χ3n) is 2.55. The monoisotopic (exact) mass is 182 g/mol. The summed E-state index contributed by atoms with van der Waals surface area (Å²) < 4.78 is 5.33. The van der Waals surface area contributed by atoms with E-state index in [4.69, 9.17) is 10.2 Å². The molecule has 72 valence electrons. The molecule has 13 heavy (non-hydrogen) atoms. The lowest BCUT2D eigenvalue weighted by molar-refractivity contribution is 0.374. The number of hydrogen-bond acceptors (Lipinski definition) is 5. The molecule has 1 heterocycles. The van der Waals surface area contributed by atoms with Crippen LogP contribution < -0.4 is 10.6 Å². The maximum absolute atomic E-state index is 5.37. The first-order chi connectivity index (χ1) is 6.31. The summed E-state index contributed by atoms with van der Waals surface area (Å²) in [5.74, 6) is 0.501. The lowest BCUT2D eigenvalue weighted by atomic mass is 9.92. The van der Waals surface area contributed by atoms with Crippen molar-refractivity contribution in [2.24, 2.45) is 5.73 Å². The number of nitrogens with two attached hydrogens (primary N) is 1. The number of rotatable bonds is 3. The van der Waals surface area contributed by atoms with Crippen LogP contribution in [0.5, 0.6) is 0 Å². The summed E-state index contributed by atoms with van der Waals surface area (Å²) in [5.41, 5.74) is 5.37. The number of anilines is 1. The first-order valence-corrected chi connectivity index (χ1v) is 4.56. The SMILES string of the molecule is CN(c1nnc(CN)o1)C1CCC1. The van der Waals surface area contributed by atoms with Crippen molar-refractivity contribution in [1.29, 1.82) is 0 Å². The van der Waals surface area contributed by atoms with Gasteiger partial charge in [0.05, 0.1) is 6.54 Å². The Morgan fingerprint density at radius 1 is 1.54 bits per heavy atom. The Bertz CT molecular complexity index is 281. The average Bonchev–Trinajstić information content (AvgIpc) is 2.48. The van der Waals surface area contributed by atoms with Crippen molar-refractivity contribution in [2.45, 2.75) is 31.8 Å². The van der Waals surface area contributed by atoms with Crippen LogP contribution in [-0.2, 0) is 6.54 Å². The predicted molar refractivity (Wildman–Crippen MR) is 48.2 cm³/mol. The molecule has 0 saturated heterocycles. The van der Waals surface area contributed by atoms with Gasteiger partial charge in [-0.15, -0.1) is 5.10 Å². The van der Waals surface area contributed by atoms with E-state index in [9.17, 15) is 0 Å². The molecule has 1 saturated carbocycles. The fraction of sp³-hybridized carbons (Fsp3) is 0.750. The van der Waals surface area contributed by atoms with Gasteiger partial charge in [-0.1, -0.05) is 5.10 Å². The van der Waals surface area contributed by atoms with Crippen molar-refractivity contribution in [1.82, 2.24) is 10.2 Å². The molecule has 5 nitrogen and oxygen atoms in total. The zero-order chi connectivity index (χ0) is 9.26. The first kappa shape index (κ1) is 8.50. The van der Waals surface area contributed by atoms with E-state index in [2.05, 4.69) is 10.2 Å². The third kappa shape index (κ3) is 1.51. The molecule has 5 heteroatoms. The minimum Gasteiger partial charge on any atom is -0.407 e. The molecular formula is C8H14N4O. The molecule has 0 aliphatic heterocycles. The minimum absolute atomic E-state index is 0.311. The Morgan fingerprint density at radius 3 is 2.77 bits per heavy atom. The maximum Gasteiger partial charge on any atom is 0.318 e. The standard InChI is InChI=1S/C8H14N4O/c1-12(6-3-2-4-6)8-11-10-7(5-9)13-8/h6H,2-5,9H2,1H3. The van der Waals surface area contributed by atoms with E-state index in [1.54, 1.807) is 0 Å². The highest BCUT2D eigenvalue weighted by atomic mass is 16.4. The van der Waals surface area contributed by atoms with Gasteiger partial charge in [0, 0.05) is 13.1 Å². The van der Waals surface area contributed by atoms with Gasteiger partial charge in [0.25, 0.3) is 0 Å². The van der Waals surface area contributed by atoms with E-state index in [0.29, 0.717) is 24.5 Å². The van der Waals surface area contributed by atoms with Crippen LogP contribution in [0, 0.1) is 0 Å². The van der Waals surface area contributed by atoms with Crippen molar-refractivity contribution >= 4 is 6.01 Å². The minimum atomic E-state index is 0.311. The molecule has 1 aromatic heterocycles. The maximum atomic E-state index is 5.37. The van der Waals surface area contributed by atoms with Crippen LogP contribution in [0.15, 0.2) is 4.42 Å². The molecule has 1 fully saturated rings. The van der Waals surface area contributed by atoms with Crippen LogP contribution in [0.4, 0.5) is 6.01 Å². The molecular weight excluding hydrogens is 168 g/mol.